The number of aryl methyl sites for hydroxylation is 1. The standard InChI is InChI=1S/C18H25BrN4O3/c1-10-5-6-13(19)21-14(10)22-15(24)11-7-18(9-20)8-12(18)23(11)16(25)26-17(2,3)4/h5-6,11-12H,7-9,20H2,1-4H3,(H,21,22,24)/t11-,12?,18-/m0/s1. The second-order valence-electron chi connectivity index (χ2n) is 8.18. The Labute approximate surface area is 161 Å². The second kappa shape index (κ2) is 6.49. The number of nitrogens with zero attached hydrogens (tertiary/aromatic N) is 2. The smallest absolute Gasteiger partial charge is 0.411 e. The molecular formula is C18H25BrN4O3. The molecule has 3 atom stereocenters. The zero-order valence-corrected chi connectivity index (χ0v) is 17.1. The first-order valence-corrected chi connectivity index (χ1v) is 9.51. The molecule has 8 heteroatoms. The summed E-state index contributed by atoms with van der Waals surface area (Å²) in [6.45, 7) is 7.76. The number of nitrogens with two attached hydrogens (primary N) is 1. The van der Waals surface area contributed by atoms with Crippen molar-refractivity contribution in [1.82, 2.24) is 9.88 Å². The first-order chi connectivity index (χ1) is 12.1. The van der Waals surface area contributed by atoms with Crippen molar-refractivity contribution < 1.29 is 14.3 Å². The van der Waals surface area contributed by atoms with Gasteiger partial charge in [0, 0.05) is 18.0 Å². The van der Waals surface area contributed by atoms with Gasteiger partial charge in [-0.25, -0.2) is 9.78 Å². The van der Waals surface area contributed by atoms with Gasteiger partial charge in [-0.1, -0.05) is 6.07 Å². The molecule has 0 aromatic carbocycles. The molecule has 142 valence electrons. The average molecular weight is 425 g/mol. The van der Waals surface area contributed by atoms with Crippen molar-refractivity contribution in [2.45, 2.75) is 58.2 Å². The first kappa shape index (κ1) is 19.1. The van der Waals surface area contributed by atoms with Gasteiger partial charge in [0.25, 0.3) is 0 Å². The fraction of sp³-hybridized carbons (Fsp3) is 0.611. The summed E-state index contributed by atoms with van der Waals surface area (Å²) >= 11 is 3.31. The number of amides is 2. The van der Waals surface area contributed by atoms with Crippen LogP contribution < -0.4 is 11.1 Å². The van der Waals surface area contributed by atoms with Gasteiger partial charge in [-0.15, -0.1) is 0 Å². The maximum Gasteiger partial charge on any atom is 0.411 e. The van der Waals surface area contributed by atoms with E-state index in [1.807, 2.05) is 39.8 Å². The summed E-state index contributed by atoms with van der Waals surface area (Å²) in [5, 5.41) is 2.85. The van der Waals surface area contributed by atoms with Crippen molar-refractivity contribution in [3.05, 3.63) is 22.3 Å². The van der Waals surface area contributed by atoms with Gasteiger partial charge in [0.2, 0.25) is 5.91 Å². The molecule has 1 aliphatic carbocycles. The summed E-state index contributed by atoms with van der Waals surface area (Å²) in [6.07, 6.45) is 0.905. The number of anilines is 1. The summed E-state index contributed by atoms with van der Waals surface area (Å²) in [4.78, 5) is 31.5. The highest BCUT2D eigenvalue weighted by Crippen LogP contribution is 2.59. The molecule has 0 radical (unpaired) electrons. The number of hydrogen-bond acceptors (Lipinski definition) is 5. The van der Waals surface area contributed by atoms with Crippen molar-refractivity contribution in [3.63, 3.8) is 0 Å². The van der Waals surface area contributed by atoms with Gasteiger partial charge in [-0.05, 0) is 68.1 Å². The number of aromatic nitrogens is 1. The third kappa shape index (κ3) is 3.57. The van der Waals surface area contributed by atoms with E-state index in [9.17, 15) is 9.59 Å². The van der Waals surface area contributed by atoms with E-state index in [1.165, 1.54) is 0 Å². The van der Waals surface area contributed by atoms with E-state index in [1.54, 1.807) is 4.90 Å². The number of likely N-dealkylation sites (tertiary alicyclic amines) is 1. The molecule has 1 aromatic rings. The van der Waals surface area contributed by atoms with Crippen LogP contribution in [0.4, 0.5) is 10.6 Å². The van der Waals surface area contributed by atoms with Crippen LogP contribution >= 0.6 is 15.9 Å². The molecule has 3 N–H and O–H groups in total. The monoisotopic (exact) mass is 424 g/mol. The zero-order valence-electron chi connectivity index (χ0n) is 15.5. The van der Waals surface area contributed by atoms with E-state index in [2.05, 4.69) is 26.2 Å². The number of piperidine rings is 1. The van der Waals surface area contributed by atoms with Gasteiger partial charge >= 0.3 is 6.09 Å². The molecule has 1 aromatic heterocycles. The van der Waals surface area contributed by atoms with E-state index < -0.39 is 17.7 Å². The van der Waals surface area contributed by atoms with E-state index in [-0.39, 0.29) is 17.4 Å². The summed E-state index contributed by atoms with van der Waals surface area (Å²) < 4.78 is 6.16. The molecule has 0 spiro atoms. The predicted molar refractivity (Wildman–Crippen MR) is 102 cm³/mol. The van der Waals surface area contributed by atoms with E-state index in [4.69, 9.17) is 10.5 Å². The number of fused-ring (bicyclic) bond motifs is 1. The largest absolute Gasteiger partial charge is 0.444 e. The predicted octanol–water partition coefficient (Wildman–Crippen LogP) is 2.82. The third-order valence-electron chi connectivity index (χ3n) is 5.04. The highest BCUT2D eigenvalue weighted by molar-refractivity contribution is 9.10. The number of rotatable bonds is 3. The van der Waals surface area contributed by atoms with Crippen LogP contribution in [0, 0.1) is 12.3 Å². The maximum absolute atomic E-state index is 12.9. The van der Waals surface area contributed by atoms with Crippen LogP contribution in [-0.4, -0.2) is 46.1 Å². The number of carbonyl (C=O) groups is 2. The quantitative estimate of drug-likeness (QED) is 0.726. The molecule has 2 aliphatic rings. The fourth-order valence-corrected chi connectivity index (χ4v) is 3.87. The third-order valence-corrected chi connectivity index (χ3v) is 5.48. The average Bonchev–Trinajstić information content (AvgIpc) is 3.14. The van der Waals surface area contributed by atoms with Gasteiger partial charge in [-0.3, -0.25) is 9.69 Å². The van der Waals surface area contributed by atoms with Crippen LogP contribution in [0.15, 0.2) is 16.7 Å². The van der Waals surface area contributed by atoms with Gasteiger partial charge in [0.15, 0.2) is 0 Å². The number of nitrogens with one attached hydrogen (secondary N) is 1. The summed E-state index contributed by atoms with van der Waals surface area (Å²) in [7, 11) is 0. The normalized spacial score (nSPS) is 27.1. The van der Waals surface area contributed by atoms with Crippen LogP contribution in [0.3, 0.4) is 0 Å². The van der Waals surface area contributed by atoms with Crippen molar-refractivity contribution in [2.75, 3.05) is 11.9 Å². The minimum absolute atomic E-state index is 0.0327. The lowest BCUT2D eigenvalue weighted by molar-refractivity contribution is -0.121. The molecule has 2 fully saturated rings. The van der Waals surface area contributed by atoms with Gasteiger partial charge < -0.3 is 15.8 Å². The molecule has 26 heavy (non-hydrogen) atoms. The SMILES string of the molecule is Cc1ccc(Br)nc1NC(=O)[C@@H]1C[C@@]2(CN)CC2N1C(=O)OC(C)(C)C. The number of ether oxygens (including phenoxy) is 1. The number of hydrogen-bond donors (Lipinski definition) is 2. The molecule has 7 nitrogen and oxygen atoms in total. The lowest BCUT2D eigenvalue weighted by atomic mass is 9.99. The number of pyridine rings is 1. The fourth-order valence-electron chi connectivity index (χ4n) is 3.56. The Hall–Kier alpha value is -1.67. The highest BCUT2D eigenvalue weighted by Gasteiger charge is 2.67. The van der Waals surface area contributed by atoms with E-state index in [0.29, 0.717) is 23.4 Å². The molecule has 2 amide bonds. The number of halogens is 1. The molecule has 1 unspecified atom stereocenters. The van der Waals surface area contributed by atoms with Gasteiger partial charge in [0.05, 0.1) is 0 Å². The molecule has 1 saturated carbocycles. The van der Waals surface area contributed by atoms with Crippen molar-refractivity contribution >= 4 is 33.7 Å². The van der Waals surface area contributed by atoms with Crippen LogP contribution in [0.1, 0.15) is 39.2 Å². The van der Waals surface area contributed by atoms with Crippen molar-refractivity contribution in [2.24, 2.45) is 11.1 Å². The van der Waals surface area contributed by atoms with Crippen LogP contribution in [0.2, 0.25) is 0 Å². The topological polar surface area (TPSA) is 97.5 Å². The minimum atomic E-state index is -0.622. The minimum Gasteiger partial charge on any atom is -0.444 e. The molecule has 3 rings (SSSR count). The summed E-state index contributed by atoms with van der Waals surface area (Å²) in [5.41, 5.74) is 5.99. The Bertz CT molecular complexity index is 748. The molecule has 2 heterocycles. The summed E-state index contributed by atoms with van der Waals surface area (Å²) in [6, 6.07) is 3.04. The molecule has 1 aliphatic heterocycles. The Morgan fingerprint density at radius 1 is 1.42 bits per heavy atom. The maximum atomic E-state index is 12.9. The van der Waals surface area contributed by atoms with Crippen LogP contribution in [-0.2, 0) is 9.53 Å². The molecule has 1 saturated heterocycles. The van der Waals surface area contributed by atoms with Crippen molar-refractivity contribution in [3.8, 4) is 0 Å². The van der Waals surface area contributed by atoms with Crippen LogP contribution in [0.25, 0.3) is 0 Å². The Balaban J connectivity index is 1.81. The van der Waals surface area contributed by atoms with Gasteiger partial charge in [-0.2, -0.15) is 0 Å². The van der Waals surface area contributed by atoms with E-state index >= 15 is 0 Å². The Kier molecular flexibility index (Phi) is 4.77. The number of carbonyl (C=O) groups excluding carboxylic acids is 2. The molecular weight excluding hydrogens is 400 g/mol. The zero-order chi connectivity index (χ0) is 19.3. The Morgan fingerprint density at radius 3 is 2.73 bits per heavy atom. The van der Waals surface area contributed by atoms with E-state index in [0.717, 1.165) is 12.0 Å². The highest BCUT2D eigenvalue weighted by atomic mass is 79.9. The van der Waals surface area contributed by atoms with Crippen molar-refractivity contribution in [1.29, 1.82) is 0 Å². The lowest BCUT2D eigenvalue weighted by Gasteiger charge is -2.29. The van der Waals surface area contributed by atoms with Gasteiger partial charge in [0.1, 0.15) is 22.1 Å². The molecule has 0 bridgehead atoms. The lowest BCUT2D eigenvalue weighted by Crippen LogP contribution is -2.47. The van der Waals surface area contributed by atoms with Crippen LogP contribution in [0.5, 0.6) is 0 Å². The first-order valence-electron chi connectivity index (χ1n) is 8.72. The second-order valence-corrected chi connectivity index (χ2v) is 9.00. The summed E-state index contributed by atoms with van der Waals surface area (Å²) in [5.74, 6) is 0.223. The Morgan fingerprint density at radius 2 is 2.12 bits per heavy atom.